The lowest BCUT2D eigenvalue weighted by molar-refractivity contribution is -0.113. The number of amides is 1. The molecule has 0 aliphatic heterocycles. The van der Waals surface area contributed by atoms with E-state index in [0.29, 0.717) is 21.8 Å². The lowest BCUT2D eigenvalue weighted by Crippen LogP contribution is -2.14. The minimum Gasteiger partial charge on any atom is -0.399 e. The Hall–Kier alpha value is -2.08. The van der Waals surface area contributed by atoms with Gasteiger partial charge in [-0.2, -0.15) is 0 Å². The predicted molar refractivity (Wildman–Crippen MR) is 81.3 cm³/mol. The molecule has 2 aromatic rings. The predicted octanol–water partition coefficient (Wildman–Crippen LogP) is 3.59. The Morgan fingerprint density at radius 3 is 2.67 bits per heavy atom. The summed E-state index contributed by atoms with van der Waals surface area (Å²) in [7, 11) is 0. The first kappa shape index (κ1) is 15.3. The van der Waals surface area contributed by atoms with Gasteiger partial charge in [-0.05, 0) is 42.8 Å². The molecule has 0 unspecified atom stereocenters. The molecule has 110 valence electrons. The molecule has 0 aromatic heterocycles. The van der Waals surface area contributed by atoms with Crippen molar-refractivity contribution in [2.45, 2.75) is 11.8 Å². The summed E-state index contributed by atoms with van der Waals surface area (Å²) in [5, 5.41) is 2.58. The van der Waals surface area contributed by atoms with Crippen LogP contribution in [-0.4, -0.2) is 11.7 Å². The van der Waals surface area contributed by atoms with E-state index in [2.05, 4.69) is 5.32 Å². The van der Waals surface area contributed by atoms with Gasteiger partial charge in [0.25, 0.3) is 0 Å². The van der Waals surface area contributed by atoms with Crippen LogP contribution in [0.2, 0.25) is 0 Å². The molecule has 0 aliphatic carbocycles. The summed E-state index contributed by atoms with van der Waals surface area (Å²) in [5.41, 5.74) is 6.73. The number of nitrogens with one attached hydrogen (secondary N) is 1. The highest BCUT2D eigenvalue weighted by atomic mass is 32.2. The van der Waals surface area contributed by atoms with E-state index in [4.69, 9.17) is 5.73 Å². The van der Waals surface area contributed by atoms with Gasteiger partial charge in [-0.3, -0.25) is 4.79 Å². The fraction of sp³-hybridized carbons (Fsp3) is 0.133. The third-order valence-electron chi connectivity index (χ3n) is 2.72. The van der Waals surface area contributed by atoms with Crippen LogP contribution in [0.4, 0.5) is 20.2 Å². The van der Waals surface area contributed by atoms with Crippen molar-refractivity contribution in [1.82, 2.24) is 0 Å². The van der Waals surface area contributed by atoms with Crippen molar-refractivity contribution in [2.75, 3.05) is 16.8 Å². The maximum absolute atomic E-state index is 13.4. The van der Waals surface area contributed by atoms with E-state index in [1.165, 1.54) is 18.2 Å². The smallest absolute Gasteiger partial charge is 0.234 e. The van der Waals surface area contributed by atoms with Crippen LogP contribution in [-0.2, 0) is 4.79 Å². The van der Waals surface area contributed by atoms with E-state index in [0.717, 1.165) is 11.8 Å². The van der Waals surface area contributed by atoms with Gasteiger partial charge in [0, 0.05) is 16.3 Å². The van der Waals surface area contributed by atoms with Crippen LogP contribution in [0.3, 0.4) is 0 Å². The van der Waals surface area contributed by atoms with Crippen molar-refractivity contribution in [3.63, 3.8) is 0 Å². The minimum absolute atomic E-state index is 0.0817. The average Bonchev–Trinajstić information content (AvgIpc) is 2.40. The van der Waals surface area contributed by atoms with E-state index >= 15 is 0 Å². The van der Waals surface area contributed by atoms with Crippen LogP contribution >= 0.6 is 11.8 Å². The third kappa shape index (κ3) is 4.46. The highest BCUT2D eigenvalue weighted by molar-refractivity contribution is 8.00. The van der Waals surface area contributed by atoms with Gasteiger partial charge >= 0.3 is 0 Å². The first-order valence-electron chi connectivity index (χ1n) is 6.19. The van der Waals surface area contributed by atoms with E-state index < -0.39 is 5.82 Å². The zero-order valence-corrected chi connectivity index (χ0v) is 12.1. The number of thioether (sulfide) groups is 1. The van der Waals surface area contributed by atoms with Crippen LogP contribution in [0.1, 0.15) is 5.56 Å². The summed E-state index contributed by atoms with van der Waals surface area (Å²) in [6.45, 7) is 1.64. The van der Waals surface area contributed by atoms with Crippen LogP contribution in [0.5, 0.6) is 0 Å². The number of anilines is 2. The summed E-state index contributed by atoms with van der Waals surface area (Å²) >= 11 is 1.16. The summed E-state index contributed by atoms with van der Waals surface area (Å²) in [6.07, 6.45) is 0. The normalized spacial score (nSPS) is 10.4. The second kappa shape index (κ2) is 6.58. The Kier molecular flexibility index (Phi) is 4.80. The molecule has 0 aliphatic rings. The van der Waals surface area contributed by atoms with Gasteiger partial charge in [-0.1, -0.05) is 6.07 Å². The number of benzene rings is 2. The molecule has 2 rings (SSSR count). The molecule has 21 heavy (non-hydrogen) atoms. The van der Waals surface area contributed by atoms with E-state index in [1.807, 2.05) is 0 Å². The number of nitrogen functional groups attached to an aromatic ring is 1. The standard InChI is InChI=1S/C15H14F2N2OS/c1-9-2-3-12(7-14(9)17)19-15(20)8-21-13-5-10(16)4-11(18)6-13/h2-7H,8,18H2,1H3,(H,19,20). The molecular formula is C15H14F2N2OS. The van der Waals surface area contributed by atoms with Crippen LogP contribution in [0.15, 0.2) is 41.3 Å². The van der Waals surface area contributed by atoms with Gasteiger partial charge in [-0.15, -0.1) is 11.8 Å². The van der Waals surface area contributed by atoms with Gasteiger partial charge in [0.2, 0.25) is 5.91 Å². The molecule has 0 saturated heterocycles. The Bertz CT molecular complexity index is 656. The lowest BCUT2D eigenvalue weighted by Gasteiger charge is -2.07. The first-order chi connectivity index (χ1) is 9.94. The molecule has 0 fully saturated rings. The second-order valence-electron chi connectivity index (χ2n) is 4.52. The number of rotatable bonds is 4. The third-order valence-corrected chi connectivity index (χ3v) is 3.69. The molecule has 1 amide bonds. The van der Waals surface area contributed by atoms with Crippen LogP contribution in [0.25, 0.3) is 0 Å². The molecule has 0 saturated carbocycles. The number of hydrogen-bond acceptors (Lipinski definition) is 3. The quantitative estimate of drug-likeness (QED) is 0.670. The molecule has 0 radical (unpaired) electrons. The molecule has 0 heterocycles. The van der Waals surface area contributed by atoms with Crippen molar-refractivity contribution in [1.29, 1.82) is 0 Å². The molecular weight excluding hydrogens is 294 g/mol. The number of carbonyl (C=O) groups is 1. The highest BCUT2D eigenvalue weighted by Gasteiger charge is 2.07. The topological polar surface area (TPSA) is 55.1 Å². The summed E-state index contributed by atoms with van der Waals surface area (Å²) < 4.78 is 26.5. The molecule has 6 heteroatoms. The van der Waals surface area contributed by atoms with Gasteiger partial charge < -0.3 is 11.1 Å². The van der Waals surface area contributed by atoms with Crippen molar-refractivity contribution >= 4 is 29.0 Å². The molecule has 0 spiro atoms. The highest BCUT2D eigenvalue weighted by Crippen LogP contribution is 2.22. The second-order valence-corrected chi connectivity index (χ2v) is 5.57. The number of halogens is 2. The van der Waals surface area contributed by atoms with Crippen LogP contribution < -0.4 is 11.1 Å². The lowest BCUT2D eigenvalue weighted by atomic mass is 10.2. The fourth-order valence-corrected chi connectivity index (χ4v) is 2.47. The van der Waals surface area contributed by atoms with E-state index in [9.17, 15) is 13.6 Å². The number of carbonyl (C=O) groups excluding carboxylic acids is 1. The van der Waals surface area contributed by atoms with E-state index in [1.54, 1.807) is 25.1 Å². The molecule has 3 nitrogen and oxygen atoms in total. The Morgan fingerprint density at radius 1 is 1.24 bits per heavy atom. The molecule has 0 bridgehead atoms. The van der Waals surface area contributed by atoms with Gasteiger partial charge in [0.15, 0.2) is 0 Å². The zero-order chi connectivity index (χ0) is 15.4. The van der Waals surface area contributed by atoms with Gasteiger partial charge in [0.1, 0.15) is 11.6 Å². The fourth-order valence-electron chi connectivity index (χ4n) is 1.68. The zero-order valence-electron chi connectivity index (χ0n) is 11.3. The number of aryl methyl sites for hydroxylation is 1. The largest absolute Gasteiger partial charge is 0.399 e. The van der Waals surface area contributed by atoms with E-state index in [-0.39, 0.29) is 17.5 Å². The number of nitrogens with two attached hydrogens (primary N) is 1. The summed E-state index contributed by atoms with van der Waals surface area (Å²) in [6, 6.07) is 8.58. The Balaban J connectivity index is 1.94. The molecule has 0 atom stereocenters. The van der Waals surface area contributed by atoms with Crippen LogP contribution in [0, 0.1) is 18.6 Å². The monoisotopic (exact) mass is 308 g/mol. The average molecular weight is 308 g/mol. The Morgan fingerprint density at radius 2 is 2.00 bits per heavy atom. The van der Waals surface area contributed by atoms with Gasteiger partial charge in [-0.25, -0.2) is 8.78 Å². The summed E-state index contributed by atoms with van der Waals surface area (Å²) in [5.74, 6) is -1.04. The molecule has 2 aromatic carbocycles. The Labute approximate surface area is 125 Å². The van der Waals surface area contributed by atoms with Crippen molar-refractivity contribution in [3.05, 3.63) is 53.6 Å². The molecule has 3 N–H and O–H groups in total. The maximum atomic E-state index is 13.4. The number of hydrogen-bond donors (Lipinski definition) is 2. The summed E-state index contributed by atoms with van der Waals surface area (Å²) in [4.78, 5) is 12.3. The SMILES string of the molecule is Cc1ccc(NC(=O)CSc2cc(N)cc(F)c2)cc1F. The van der Waals surface area contributed by atoms with Gasteiger partial charge in [0.05, 0.1) is 5.75 Å². The maximum Gasteiger partial charge on any atom is 0.234 e. The van der Waals surface area contributed by atoms with Crippen molar-refractivity contribution < 1.29 is 13.6 Å². The first-order valence-corrected chi connectivity index (χ1v) is 7.17. The van der Waals surface area contributed by atoms with Crippen molar-refractivity contribution in [2.24, 2.45) is 0 Å². The van der Waals surface area contributed by atoms with Crippen molar-refractivity contribution in [3.8, 4) is 0 Å². The minimum atomic E-state index is -0.446.